The van der Waals surface area contributed by atoms with Crippen molar-refractivity contribution in [3.63, 3.8) is 0 Å². The highest BCUT2D eigenvalue weighted by Gasteiger charge is 2.67. The van der Waals surface area contributed by atoms with Crippen molar-refractivity contribution in [3.8, 4) is 12.1 Å². The molecule has 0 bridgehead atoms. The summed E-state index contributed by atoms with van der Waals surface area (Å²) < 4.78 is 42.0. The van der Waals surface area contributed by atoms with Gasteiger partial charge in [0.15, 0.2) is 5.54 Å². The number of fused-ring (bicyclic) bond motifs is 2. The summed E-state index contributed by atoms with van der Waals surface area (Å²) >= 11 is 0. The average molecular weight is 598 g/mol. The van der Waals surface area contributed by atoms with Crippen LogP contribution in [0.1, 0.15) is 56.3 Å². The number of aromatic nitrogens is 2. The summed E-state index contributed by atoms with van der Waals surface area (Å²) in [5.74, 6) is 0. The van der Waals surface area contributed by atoms with Gasteiger partial charge in [0, 0.05) is 41.6 Å². The third kappa shape index (κ3) is 5.18. The van der Waals surface area contributed by atoms with Gasteiger partial charge in [0.2, 0.25) is 0 Å². The Morgan fingerprint density at radius 1 is 1.02 bits per heavy atom. The largest absolute Gasteiger partial charge is 0.413 e. The first-order valence-electron chi connectivity index (χ1n) is 14.1. The van der Waals surface area contributed by atoms with E-state index in [-0.39, 0.29) is 23.8 Å². The highest BCUT2D eigenvalue weighted by Crippen LogP contribution is 2.54. The number of nitriles is 2. The Kier molecular flexibility index (Phi) is 6.98. The number of alkyl halides is 3. The molecule has 2 aromatic carbocycles. The summed E-state index contributed by atoms with van der Waals surface area (Å²) in [6.07, 6.45) is 0.141. The molecule has 4 N–H and O–H groups in total. The molecule has 44 heavy (non-hydrogen) atoms. The van der Waals surface area contributed by atoms with Crippen LogP contribution in [0.4, 0.5) is 24.5 Å². The summed E-state index contributed by atoms with van der Waals surface area (Å²) in [5.41, 5.74) is 7.68. The highest BCUT2D eigenvalue weighted by atomic mass is 19.4. The van der Waals surface area contributed by atoms with Gasteiger partial charge in [-0.25, -0.2) is 0 Å². The van der Waals surface area contributed by atoms with Gasteiger partial charge in [0.25, 0.3) is 0 Å². The van der Waals surface area contributed by atoms with E-state index in [9.17, 15) is 23.7 Å². The molecule has 0 spiro atoms. The van der Waals surface area contributed by atoms with Crippen LogP contribution < -0.4 is 21.6 Å². The van der Waals surface area contributed by atoms with Crippen molar-refractivity contribution in [1.29, 1.82) is 10.5 Å². The third-order valence-electron chi connectivity index (χ3n) is 7.92. The van der Waals surface area contributed by atoms with Gasteiger partial charge in [-0.2, -0.15) is 23.7 Å². The minimum absolute atomic E-state index is 0.0139. The van der Waals surface area contributed by atoms with Crippen molar-refractivity contribution < 1.29 is 13.2 Å². The van der Waals surface area contributed by atoms with Crippen LogP contribution in [-0.2, 0) is 0 Å². The van der Waals surface area contributed by atoms with Crippen molar-refractivity contribution in [2.45, 2.75) is 51.4 Å². The van der Waals surface area contributed by atoms with Crippen molar-refractivity contribution >= 4 is 33.2 Å². The molecule has 1 atom stereocenters. The predicted octanol–water partition coefficient (Wildman–Crippen LogP) is 6.40. The summed E-state index contributed by atoms with van der Waals surface area (Å²) in [7, 11) is 0. The SMILES string of the molecule is CC(C)(C)CNc1c(C#N)cnc2c(C#N)cc(N[C@H](C3=CN(C4(C(F)(F)F)CC4)NN3)c3cccc4ncccc34)cc12. The normalized spacial score (nSPS) is 16.5. The van der Waals surface area contributed by atoms with Crippen molar-refractivity contribution in [2.24, 2.45) is 5.41 Å². The highest BCUT2D eigenvalue weighted by molar-refractivity contribution is 5.99. The molecule has 4 aromatic rings. The van der Waals surface area contributed by atoms with E-state index < -0.39 is 17.8 Å². The fourth-order valence-corrected chi connectivity index (χ4v) is 5.45. The topological polar surface area (TPSA) is 125 Å². The van der Waals surface area contributed by atoms with E-state index in [1.54, 1.807) is 18.3 Å². The van der Waals surface area contributed by atoms with Gasteiger partial charge in [-0.1, -0.05) is 39.0 Å². The van der Waals surface area contributed by atoms with Crippen LogP contribution in [0.5, 0.6) is 0 Å². The molecule has 1 fully saturated rings. The number of anilines is 2. The molecule has 2 aliphatic rings. The first-order chi connectivity index (χ1) is 20.9. The molecule has 12 heteroatoms. The molecule has 9 nitrogen and oxygen atoms in total. The van der Waals surface area contributed by atoms with Gasteiger partial charge in [-0.15, -0.1) is 5.53 Å². The maximum absolute atomic E-state index is 14.0. The first-order valence-corrected chi connectivity index (χ1v) is 14.1. The molecule has 0 saturated heterocycles. The number of hydrogen-bond donors (Lipinski definition) is 4. The Morgan fingerprint density at radius 3 is 2.48 bits per heavy atom. The lowest BCUT2D eigenvalue weighted by Gasteiger charge is -2.28. The number of nitrogens with one attached hydrogen (secondary N) is 4. The third-order valence-corrected chi connectivity index (χ3v) is 7.92. The van der Waals surface area contributed by atoms with Gasteiger partial charge in [0.1, 0.15) is 12.1 Å². The lowest BCUT2D eigenvalue weighted by molar-refractivity contribution is -0.195. The number of hydrogen-bond acceptors (Lipinski definition) is 9. The molecule has 6 rings (SSSR count). The number of halogens is 3. The number of nitrogens with zero attached hydrogens (tertiary/aromatic N) is 5. The zero-order valence-electron chi connectivity index (χ0n) is 24.3. The zero-order chi connectivity index (χ0) is 31.3. The van der Waals surface area contributed by atoms with E-state index in [4.69, 9.17) is 0 Å². The zero-order valence-corrected chi connectivity index (χ0v) is 24.3. The van der Waals surface area contributed by atoms with E-state index in [1.807, 2.05) is 30.3 Å². The first kappa shape index (κ1) is 29.0. The minimum atomic E-state index is -4.41. The van der Waals surface area contributed by atoms with Crippen LogP contribution in [0.2, 0.25) is 0 Å². The maximum atomic E-state index is 14.0. The van der Waals surface area contributed by atoms with Crippen LogP contribution in [0.15, 0.2) is 66.8 Å². The van der Waals surface area contributed by atoms with Crippen LogP contribution >= 0.6 is 0 Å². The van der Waals surface area contributed by atoms with Crippen LogP contribution in [-0.4, -0.2) is 33.2 Å². The fraction of sp³-hybridized carbons (Fsp3) is 0.312. The molecule has 1 saturated carbocycles. The summed E-state index contributed by atoms with van der Waals surface area (Å²) in [4.78, 5) is 8.88. The monoisotopic (exact) mass is 597 g/mol. The van der Waals surface area contributed by atoms with E-state index in [0.29, 0.717) is 40.1 Å². The smallest absolute Gasteiger partial charge is 0.383 e. The summed E-state index contributed by atoms with van der Waals surface area (Å²) in [5, 5.41) is 29.3. The fourth-order valence-electron chi connectivity index (χ4n) is 5.45. The number of rotatable bonds is 7. The van der Waals surface area contributed by atoms with Crippen LogP contribution in [0.3, 0.4) is 0 Å². The van der Waals surface area contributed by atoms with Gasteiger partial charge in [-0.05, 0) is 48.1 Å². The van der Waals surface area contributed by atoms with Crippen LogP contribution in [0.25, 0.3) is 21.8 Å². The number of benzene rings is 2. The second-order valence-corrected chi connectivity index (χ2v) is 12.3. The second kappa shape index (κ2) is 10.6. The Balaban J connectivity index is 1.49. The average Bonchev–Trinajstić information content (AvgIpc) is 3.68. The van der Waals surface area contributed by atoms with Crippen molar-refractivity contribution in [1.82, 2.24) is 25.9 Å². The lowest BCUT2D eigenvalue weighted by atomic mass is 9.96. The maximum Gasteiger partial charge on any atom is 0.413 e. The van der Waals surface area contributed by atoms with Crippen molar-refractivity contribution in [3.05, 3.63) is 83.4 Å². The molecule has 0 radical (unpaired) electrons. The quantitative estimate of drug-likeness (QED) is 0.192. The van der Waals surface area contributed by atoms with Gasteiger partial charge >= 0.3 is 6.18 Å². The molecule has 2 aromatic heterocycles. The summed E-state index contributed by atoms with van der Waals surface area (Å²) in [6.45, 7) is 6.76. The Morgan fingerprint density at radius 2 is 1.80 bits per heavy atom. The van der Waals surface area contributed by atoms with Crippen LogP contribution in [0, 0.1) is 28.1 Å². The standard InChI is InChI=1S/C32H30F3N9/c1-30(2,3)18-40-28-20(15-37)16-39-27-19(14-36)12-21(13-24(27)28)41-29(23-6-4-8-25-22(23)7-5-11-38-25)26-17-44(43-42-26)31(9-10-31)32(33,34)35/h4-8,11-13,16-17,29,41-43H,9-10,18H2,1-3H3,(H,39,40)/t29-/m0/s1. The molecule has 0 unspecified atom stereocenters. The number of hydrazine groups is 2. The van der Waals surface area contributed by atoms with Crippen molar-refractivity contribution in [2.75, 3.05) is 17.2 Å². The van der Waals surface area contributed by atoms with Gasteiger partial charge < -0.3 is 16.1 Å². The van der Waals surface area contributed by atoms with E-state index >= 15 is 0 Å². The van der Waals surface area contributed by atoms with Gasteiger partial charge in [-0.3, -0.25) is 15.0 Å². The van der Waals surface area contributed by atoms with Gasteiger partial charge in [0.05, 0.1) is 39.6 Å². The van der Waals surface area contributed by atoms with E-state index in [2.05, 4.69) is 64.5 Å². The Bertz CT molecular complexity index is 1870. The minimum Gasteiger partial charge on any atom is -0.383 e. The van der Waals surface area contributed by atoms with E-state index in [0.717, 1.165) is 21.5 Å². The summed E-state index contributed by atoms with van der Waals surface area (Å²) in [6, 6.07) is 16.5. The molecule has 224 valence electrons. The lowest BCUT2D eigenvalue weighted by Crippen LogP contribution is -2.52. The molecule has 1 aliphatic carbocycles. The second-order valence-electron chi connectivity index (χ2n) is 12.3. The molecular formula is C32H30F3N9. The molecule has 1 aliphatic heterocycles. The molecule has 0 amide bonds. The predicted molar refractivity (Wildman–Crippen MR) is 161 cm³/mol. The molecular weight excluding hydrogens is 567 g/mol. The molecule has 3 heterocycles. The Labute approximate surface area is 252 Å². The Hall–Kier alpha value is -5.07. The number of pyridine rings is 2. The van der Waals surface area contributed by atoms with E-state index in [1.165, 1.54) is 12.4 Å².